The van der Waals surface area contributed by atoms with Crippen LogP contribution < -0.4 is 25.9 Å². The molecule has 1 aliphatic rings. The number of H-pyrrole nitrogens is 1. The average molecular weight is 411 g/mol. The third-order valence-corrected chi connectivity index (χ3v) is 4.49. The summed E-state index contributed by atoms with van der Waals surface area (Å²) in [4.78, 5) is 49.1. The second-order valence-corrected chi connectivity index (χ2v) is 6.57. The third kappa shape index (κ3) is 3.75. The van der Waals surface area contributed by atoms with Gasteiger partial charge in [0.15, 0.2) is 17.6 Å². The number of aromatic nitrogens is 2. The molecule has 10 nitrogen and oxygen atoms in total. The van der Waals surface area contributed by atoms with Crippen LogP contribution in [0.2, 0.25) is 0 Å². The number of benzene rings is 2. The second-order valence-electron chi connectivity index (χ2n) is 6.57. The highest BCUT2D eigenvalue weighted by molar-refractivity contribution is 5.95. The molecule has 0 spiro atoms. The van der Waals surface area contributed by atoms with Gasteiger partial charge in [-0.05, 0) is 31.2 Å². The monoisotopic (exact) mass is 411 g/mol. The number of anilines is 1. The number of nitrogens with zero attached hydrogens (tertiary/aromatic N) is 1. The van der Waals surface area contributed by atoms with Gasteiger partial charge in [-0.15, -0.1) is 0 Å². The Morgan fingerprint density at radius 3 is 2.67 bits per heavy atom. The minimum Gasteiger partial charge on any atom is -0.454 e. The molecule has 2 N–H and O–H groups in total. The van der Waals surface area contributed by atoms with Crippen LogP contribution in [0, 0.1) is 0 Å². The van der Waals surface area contributed by atoms with Crippen LogP contribution in [0.25, 0.3) is 10.8 Å². The summed E-state index contributed by atoms with van der Waals surface area (Å²) < 4.78 is 16.4. The van der Waals surface area contributed by atoms with Crippen molar-refractivity contribution in [2.75, 3.05) is 12.1 Å². The van der Waals surface area contributed by atoms with E-state index in [9.17, 15) is 19.2 Å². The van der Waals surface area contributed by atoms with Crippen LogP contribution in [-0.4, -0.2) is 34.6 Å². The van der Waals surface area contributed by atoms with Crippen LogP contribution in [0.4, 0.5) is 5.69 Å². The highest BCUT2D eigenvalue weighted by atomic mass is 16.7. The molecule has 3 aromatic rings. The maximum Gasteiger partial charge on any atom is 0.328 e. The fourth-order valence-corrected chi connectivity index (χ4v) is 2.99. The number of carbonyl (C=O) groups is 2. The first kappa shape index (κ1) is 19.2. The zero-order chi connectivity index (χ0) is 21.3. The Hall–Kier alpha value is -4.08. The molecule has 2 aromatic carbocycles. The lowest BCUT2D eigenvalue weighted by molar-refractivity contribution is -0.154. The summed E-state index contributed by atoms with van der Waals surface area (Å²) in [5, 5.41) is 5.35. The molecule has 1 aromatic heterocycles. The molecule has 0 saturated carbocycles. The van der Waals surface area contributed by atoms with Gasteiger partial charge < -0.3 is 19.5 Å². The number of nitrogens with one attached hydrogen (secondary N) is 2. The lowest BCUT2D eigenvalue weighted by Gasteiger charge is -2.14. The highest BCUT2D eigenvalue weighted by Crippen LogP contribution is 2.34. The molecule has 0 saturated heterocycles. The topological polar surface area (TPSA) is 129 Å². The Morgan fingerprint density at radius 1 is 1.13 bits per heavy atom. The normalized spacial score (nSPS) is 13.1. The second kappa shape index (κ2) is 7.74. The molecule has 4 rings (SSSR count). The lowest BCUT2D eigenvalue weighted by Crippen LogP contribution is -2.35. The number of hydrogen-bond donors (Lipinski definition) is 2. The van der Waals surface area contributed by atoms with E-state index in [1.54, 1.807) is 30.3 Å². The molecule has 0 unspecified atom stereocenters. The molecule has 0 bridgehead atoms. The molecule has 1 amide bonds. The average Bonchev–Trinajstić information content (AvgIpc) is 3.19. The quantitative estimate of drug-likeness (QED) is 0.599. The summed E-state index contributed by atoms with van der Waals surface area (Å²) in [5.41, 5.74) is -0.603. The molecule has 154 valence electrons. The molecule has 1 aliphatic heterocycles. The van der Waals surface area contributed by atoms with Gasteiger partial charge in [0.1, 0.15) is 6.54 Å². The van der Waals surface area contributed by atoms with Crippen molar-refractivity contribution >= 4 is 28.3 Å². The van der Waals surface area contributed by atoms with E-state index in [1.807, 2.05) is 0 Å². The van der Waals surface area contributed by atoms with Crippen molar-refractivity contribution in [1.82, 2.24) is 9.78 Å². The van der Waals surface area contributed by atoms with Crippen LogP contribution in [0.15, 0.2) is 52.1 Å². The summed E-state index contributed by atoms with van der Waals surface area (Å²) in [5.74, 6) is -0.350. The Balaban J connectivity index is 1.42. The van der Waals surface area contributed by atoms with Gasteiger partial charge in [-0.1, -0.05) is 12.1 Å². The molecular weight excluding hydrogens is 394 g/mol. The van der Waals surface area contributed by atoms with Crippen LogP contribution in [0.3, 0.4) is 0 Å². The van der Waals surface area contributed by atoms with Gasteiger partial charge in [0.25, 0.3) is 17.0 Å². The van der Waals surface area contributed by atoms with E-state index in [1.165, 1.54) is 19.1 Å². The Kier molecular flexibility index (Phi) is 4.97. The minimum absolute atomic E-state index is 0.108. The molecule has 0 fully saturated rings. The molecule has 0 radical (unpaired) electrons. The van der Waals surface area contributed by atoms with Crippen molar-refractivity contribution in [3.8, 4) is 11.5 Å². The first-order valence-electron chi connectivity index (χ1n) is 9.04. The van der Waals surface area contributed by atoms with Crippen molar-refractivity contribution in [1.29, 1.82) is 0 Å². The van der Waals surface area contributed by atoms with E-state index in [0.717, 1.165) is 4.68 Å². The van der Waals surface area contributed by atoms with E-state index in [0.29, 0.717) is 17.2 Å². The Labute approximate surface area is 169 Å². The van der Waals surface area contributed by atoms with Crippen molar-refractivity contribution < 1.29 is 23.8 Å². The smallest absolute Gasteiger partial charge is 0.328 e. The number of hydrogen-bond acceptors (Lipinski definition) is 7. The Bertz CT molecular complexity index is 1260. The molecule has 1 atom stereocenters. The van der Waals surface area contributed by atoms with E-state index in [2.05, 4.69) is 10.4 Å². The van der Waals surface area contributed by atoms with Gasteiger partial charge in [-0.2, -0.15) is 0 Å². The number of amides is 1. The molecule has 10 heteroatoms. The van der Waals surface area contributed by atoms with Gasteiger partial charge in [0.2, 0.25) is 6.79 Å². The fourth-order valence-electron chi connectivity index (χ4n) is 2.99. The lowest BCUT2D eigenvalue weighted by atomic mass is 10.2. The van der Waals surface area contributed by atoms with E-state index in [4.69, 9.17) is 14.2 Å². The standard InChI is InChI=1S/C20H17N3O7/c1-11(18(25)21-12-6-7-15-16(8-12)29-10-28-15)30-17(24)9-23-20(27)14-5-3-2-4-13(14)19(26)22-23/h2-8,11H,9-10H2,1H3,(H,21,25)(H,22,26)/t11-/m1/s1. The van der Waals surface area contributed by atoms with Crippen LogP contribution in [-0.2, 0) is 20.9 Å². The van der Waals surface area contributed by atoms with E-state index >= 15 is 0 Å². The maximum absolute atomic E-state index is 12.5. The summed E-state index contributed by atoms with van der Waals surface area (Å²) in [6.07, 6.45) is -1.13. The number of esters is 1. The molecule has 30 heavy (non-hydrogen) atoms. The zero-order valence-corrected chi connectivity index (χ0v) is 15.8. The van der Waals surface area contributed by atoms with Gasteiger partial charge in [0, 0.05) is 11.8 Å². The number of aromatic amines is 1. The van der Waals surface area contributed by atoms with Crippen LogP contribution >= 0.6 is 0 Å². The summed E-state index contributed by atoms with van der Waals surface area (Å²) in [6, 6.07) is 11.1. The molecule has 0 aliphatic carbocycles. The van der Waals surface area contributed by atoms with Gasteiger partial charge >= 0.3 is 5.97 Å². The van der Waals surface area contributed by atoms with E-state index in [-0.39, 0.29) is 17.6 Å². The van der Waals surface area contributed by atoms with Crippen LogP contribution in [0.1, 0.15) is 6.92 Å². The number of ether oxygens (including phenoxy) is 3. The number of rotatable bonds is 5. The Morgan fingerprint density at radius 2 is 1.87 bits per heavy atom. The number of carbonyl (C=O) groups excluding carboxylic acids is 2. The van der Waals surface area contributed by atoms with Crippen molar-refractivity contribution in [3.05, 3.63) is 63.2 Å². The summed E-state index contributed by atoms with van der Waals surface area (Å²) in [7, 11) is 0. The van der Waals surface area contributed by atoms with Crippen LogP contribution in [0.5, 0.6) is 11.5 Å². The van der Waals surface area contributed by atoms with E-state index < -0.39 is 35.6 Å². The van der Waals surface area contributed by atoms with Gasteiger partial charge in [-0.3, -0.25) is 24.3 Å². The summed E-state index contributed by atoms with van der Waals surface area (Å²) >= 11 is 0. The summed E-state index contributed by atoms with van der Waals surface area (Å²) in [6.45, 7) is 0.962. The number of fused-ring (bicyclic) bond motifs is 2. The van der Waals surface area contributed by atoms with Crippen molar-refractivity contribution in [3.63, 3.8) is 0 Å². The third-order valence-electron chi connectivity index (χ3n) is 4.49. The highest BCUT2D eigenvalue weighted by Gasteiger charge is 2.21. The van der Waals surface area contributed by atoms with Crippen molar-refractivity contribution in [2.45, 2.75) is 19.6 Å². The molecule has 2 heterocycles. The fraction of sp³-hybridized carbons (Fsp3) is 0.200. The van der Waals surface area contributed by atoms with Crippen molar-refractivity contribution in [2.24, 2.45) is 0 Å². The van der Waals surface area contributed by atoms with Gasteiger partial charge in [0.05, 0.1) is 10.8 Å². The largest absolute Gasteiger partial charge is 0.454 e. The SMILES string of the molecule is C[C@@H](OC(=O)Cn1[nH]c(=O)c2ccccc2c1=O)C(=O)Nc1ccc2c(c1)OCO2. The first-order chi connectivity index (χ1) is 14.4. The predicted molar refractivity (Wildman–Crippen MR) is 106 cm³/mol. The maximum atomic E-state index is 12.5. The first-order valence-corrected chi connectivity index (χ1v) is 9.04. The zero-order valence-electron chi connectivity index (χ0n) is 15.8. The molecular formula is C20H17N3O7. The van der Waals surface area contributed by atoms with Gasteiger partial charge in [-0.25, -0.2) is 4.68 Å². The minimum atomic E-state index is -1.13. The predicted octanol–water partition coefficient (Wildman–Crippen LogP) is 0.989.